The fourth-order valence-corrected chi connectivity index (χ4v) is 10.8. The predicted molar refractivity (Wildman–Crippen MR) is 259 cm³/mol. The maximum absolute atomic E-state index is 15.0. The van der Waals surface area contributed by atoms with E-state index in [1.807, 2.05) is 102 Å². The van der Waals surface area contributed by atoms with E-state index in [1.165, 1.54) is 5.56 Å². The number of likely N-dealkylation sites (N-methyl/N-ethyl adjacent to an activating group) is 1. The number of imidazole rings is 1. The van der Waals surface area contributed by atoms with Crippen molar-refractivity contribution in [2.45, 2.75) is 161 Å². The number of unbranched alkanes of at least 4 members (excludes halogenated alkanes) is 1. The topological polar surface area (TPSA) is 173 Å². The second kappa shape index (κ2) is 23.9. The number of methoxy groups -OCH3 is 1. The molecule has 16 heteroatoms. The number of ether oxygens (including phenoxy) is 7. The highest BCUT2D eigenvalue weighted by Crippen LogP contribution is 2.44. The van der Waals surface area contributed by atoms with Crippen molar-refractivity contribution in [1.29, 1.82) is 0 Å². The number of fused-ring (bicyclic) bond motifs is 1. The molecule has 16 nitrogen and oxygen atoms in total. The Morgan fingerprint density at radius 3 is 2.39 bits per heavy atom. The van der Waals surface area contributed by atoms with Crippen LogP contribution >= 0.6 is 0 Å². The summed E-state index contributed by atoms with van der Waals surface area (Å²) in [6.45, 7) is 15.8. The lowest BCUT2D eigenvalue weighted by Gasteiger charge is -2.47. The standard InChI is InChI=1S/C53H77N5O11/c1-12-43-53(8)47(58(51(62)69-53)26-17-16-25-57-31-41(55-32-57)40-23-18-24-54-30-40)36(4)44(59)34(2)29-52(7,63-11)48(68-50-45(60)42(56(9)10)28-35(3)66-50)37(5)46(38(6)49(61)67-43)65-33-64-27-19-22-39-20-14-13-15-21-39/h13-15,18,20-21,23-24,30-32,34-37,42-43,45,47-48,50,60H,12,16-17,19,22,25-29,33H2,1-11H3/b46-38+/t34-,35-,36+,37+,42+,43?,45-,47-,48-,50+,52-,53-/m1/s1. The zero-order valence-corrected chi connectivity index (χ0v) is 42.7. The lowest BCUT2D eigenvalue weighted by molar-refractivity contribution is -0.296. The molecule has 6 rings (SSSR count). The molecule has 2 aromatic heterocycles. The minimum Gasteiger partial charge on any atom is -0.471 e. The first-order chi connectivity index (χ1) is 32.9. The number of rotatable bonds is 18. The molecule has 380 valence electrons. The summed E-state index contributed by atoms with van der Waals surface area (Å²) in [6.07, 6.45) is 6.33. The second-order valence-electron chi connectivity index (χ2n) is 19.9. The summed E-state index contributed by atoms with van der Waals surface area (Å²) >= 11 is 0. The summed E-state index contributed by atoms with van der Waals surface area (Å²) < 4.78 is 46.9. The summed E-state index contributed by atoms with van der Waals surface area (Å²) in [4.78, 5) is 56.2. The van der Waals surface area contributed by atoms with Crippen LogP contribution in [0.25, 0.3) is 11.3 Å². The van der Waals surface area contributed by atoms with E-state index in [2.05, 4.69) is 22.1 Å². The van der Waals surface area contributed by atoms with Gasteiger partial charge in [-0.15, -0.1) is 0 Å². The molecule has 0 spiro atoms. The molecule has 1 amide bonds. The van der Waals surface area contributed by atoms with Crippen molar-refractivity contribution in [2.24, 2.45) is 17.8 Å². The van der Waals surface area contributed by atoms with Gasteiger partial charge in [-0.3, -0.25) is 9.78 Å². The third-order valence-electron chi connectivity index (χ3n) is 14.6. The van der Waals surface area contributed by atoms with Crippen LogP contribution in [0.5, 0.6) is 0 Å². The van der Waals surface area contributed by atoms with Gasteiger partial charge in [-0.05, 0) is 104 Å². The van der Waals surface area contributed by atoms with Crippen molar-refractivity contribution < 1.29 is 52.6 Å². The van der Waals surface area contributed by atoms with Gasteiger partial charge in [0.05, 0.1) is 48.1 Å². The minimum atomic E-state index is -1.40. The van der Waals surface area contributed by atoms with Crippen LogP contribution in [-0.2, 0) is 55.7 Å². The van der Waals surface area contributed by atoms with E-state index >= 15 is 4.79 Å². The van der Waals surface area contributed by atoms with Gasteiger partial charge in [0.1, 0.15) is 23.8 Å². The number of hydrogen-bond acceptors (Lipinski definition) is 14. The molecule has 2 saturated heterocycles. The van der Waals surface area contributed by atoms with Gasteiger partial charge in [0.2, 0.25) is 0 Å². The number of benzene rings is 1. The quantitative estimate of drug-likeness (QED) is 0.0750. The number of amides is 1. The SMILES string of the molecule is CCC1OC(=O)/C(C)=C(/OCOCCCc2ccccc2)[C@H](C)[C@@H](O[C@@H]2O[C@H](C)C[C@H](N(C)C)[C@H]2O)[C@](C)(OC)C[C@@H](C)C(=O)[C@H](C)[C@H]2N(CCCCn3cnc(-c4cccnc4)c3)C(=O)O[C@]12C. The van der Waals surface area contributed by atoms with Crippen LogP contribution in [0.1, 0.15) is 99.5 Å². The Balaban J connectivity index is 1.32. The number of carbonyl (C=O) groups excluding carboxylic acids is 3. The number of aliphatic hydroxyl groups excluding tert-OH is 1. The molecular weight excluding hydrogens is 883 g/mol. The first-order valence-electron chi connectivity index (χ1n) is 24.7. The van der Waals surface area contributed by atoms with Crippen LogP contribution in [0.2, 0.25) is 0 Å². The summed E-state index contributed by atoms with van der Waals surface area (Å²) in [5.41, 5.74) is 0.465. The van der Waals surface area contributed by atoms with Gasteiger partial charge in [0.25, 0.3) is 0 Å². The van der Waals surface area contributed by atoms with Crippen LogP contribution in [0, 0.1) is 17.8 Å². The van der Waals surface area contributed by atoms with Crippen molar-refractivity contribution in [3.8, 4) is 11.3 Å². The molecule has 1 aromatic carbocycles. The molecule has 5 heterocycles. The van der Waals surface area contributed by atoms with Gasteiger partial charge >= 0.3 is 12.1 Å². The maximum atomic E-state index is 15.0. The van der Waals surface area contributed by atoms with Crippen LogP contribution in [-0.4, -0.2) is 142 Å². The molecule has 3 aliphatic rings. The predicted octanol–water partition coefficient (Wildman–Crippen LogP) is 7.62. The van der Waals surface area contributed by atoms with Gasteiger partial charge < -0.3 is 52.6 Å². The highest BCUT2D eigenvalue weighted by molar-refractivity contribution is 5.89. The summed E-state index contributed by atoms with van der Waals surface area (Å²) in [5, 5.41) is 11.8. The Hall–Kier alpha value is -4.71. The van der Waals surface area contributed by atoms with Gasteiger partial charge in [-0.1, -0.05) is 58.0 Å². The molecule has 1 unspecified atom stereocenters. The van der Waals surface area contributed by atoms with E-state index < -0.39 is 71.7 Å². The number of Topliss-reactive ketones (excluding diaryl/α,β-unsaturated/α-hetero) is 1. The normalized spacial score (nSPS) is 32.7. The summed E-state index contributed by atoms with van der Waals surface area (Å²) in [7, 11) is 5.38. The van der Waals surface area contributed by atoms with Crippen LogP contribution in [0.15, 0.2) is 78.7 Å². The Labute approximate surface area is 409 Å². The molecular formula is C53H77N5O11. The van der Waals surface area contributed by atoms with Gasteiger partial charge in [0.15, 0.2) is 18.7 Å². The van der Waals surface area contributed by atoms with Gasteiger partial charge in [-0.25, -0.2) is 14.6 Å². The minimum absolute atomic E-state index is 0.119. The van der Waals surface area contributed by atoms with E-state index in [9.17, 15) is 14.7 Å². The largest absolute Gasteiger partial charge is 0.471 e. The highest BCUT2D eigenvalue weighted by Gasteiger charge is 2.60. The van der Waals surface area contributed by atoms with Crippen LogP contribution in [0.3, 0.4) is 0 Å². The number of ketones is 1. The molecule has 69 heavy (non-hydrogen) atoms. The fourth-order valence-electron chi connectivity index (χ4n) is 10.8. The van der Waals surface area contributed by atoms with E-state index in [0.29, 0.717) is 39.0 Å². The third-order valence-corrected chi connectivity index (χ3v) is 14.6. The first kappa shape index (κ1) is 53.6. The Morgan fingerprint density at radius 1 is 0.971 bits per heavy atom. The molecule has 1 N–H and O–H groups in total. The molecule has 0 aliphatic carbocycles. The molecule has 3 aliphatic heterocycles. The van der Waals surface area contributed by atoms with E-state index in [1.54, 1.807) is 44.6 Å². The average molecular weight is 960 g/mol. The summed E-state index contributed by atoms with van der Waals surface area (Å²) in [6, 6.07) is 12.9. The molecule has 2 fully saturated rings. The van der Waals surface area contributed by atoms with Crippen LogP contribution in [0.4, 0.5) is 4.79 Å². The van der Waals surface area contributed by atoms with Crippen molar-refractivity contribution in [1.82, 2.24) is 24.3 Å². The lowest BCUT2D eigenvalue weighted by atomic mass is 9.74. The molecule has 0 radical (unpaired) electrons. The number of aliphatic hydroxyl groups is 1. The monoisotopic (exact) mass is 960 g/mol. The van der Waals surface area contributed by atoms with Crippen molar-refractivity contribution in [2.75, 3.05) is 41.1 Å². The lowest BCUT2D eigenvalue weighted by Crippen LogP contribution is -2.59. The number of aromatic nitrogens is 3. The van der Waals surface area contributed by atoms with E-state index in [4.69, 9.17) is 33.2 Å². The maximum Gasteiger partial charge on any atom is 0.410 e. The number of pyridine rings is 1. The summed E-state index contributed by atoms with van der Waals surface area (Å²) in [5.74, 6) is -2.69. The van der Waals surface area contributed by atoms with Crippen molar-refractivity contribution in [3.05, 3.63) is 84.3 Å². The number of nitrogens with zero attached hydrogens (tertiary/aromatic N) is 5. The zero-order valence-electron chi connectivity index (χ0n) is 42.7. The van der Waals surface area contributed by atoms with Crippen LogP contribution < -0.4 is 0 Å². The molecule has 0 saturated carbocycles. The van der Waals surface area contributed by atoms with E-state index in [0.717, 1.165) is 24.1 Å². The third kappa shape index (κ3) is 12.6. The van der Waals surface area contributed by atoms with Crippen molar-refractivity contribution in [3.63, 3.8) is 0 Å². The van der Waals surface area contributed by atoms with Gasteiger partial charge in [-0.2, -0.15) is 0 Å². The smallest absolute Gasteiger partial charge is 0.410 e. The second-order valence-corrected chi connectivity index (χ2v) is 19.9. The fraction of sp³-hybridized carbons (Fsp3) is 0.642. The Bertz CT molecular complexity index is 2170. The Kier molecular flexibility index (Phi) is 18.6. The molecule has 12 atom stereocenters. The van der Waals surface area contributed by atoms with Crippen molar-refractivity contribution >= 4 is 17.8 Å². The average Bonchev–Trinajstić information content (AvgIpc) is 3.92. The number of esters is 1. The number of aryl methyl sites for hydroxylation is 2. The number of cyclic esters (lactones) is 1. The first-order valence-corrected chi connectivity index (χ1v) is 24.7. The number of carbonyl (C=O) groups is 3. The molecule has 3 aromatic rings. The van der Waals surface area contributed by atoms with Gasteiger partial charge in [0, 0.05) is 68.1 Å². The zero-order chi connectivity index (χ0) is 50.0. The Morgan fingerprint density at radius 2 is 1.71 bits per heavy atom. The highest BCUT2D eigenvalue weighted by atomic mass is 16.7. The van der Waals surface area contributed by atoms with E-state index in [-0.39, 0.29) is 48.9 Å². The molecule has 0 bridgehead atoms. The number of hydrogen-bond donors (Lipinski definition) is 1.